The molecule has 1 aliphatic rings. The van der Waals surface area contributed by atoms with E-state index in [2.05, 4.69) is 11.6 Å². The van der Waals surface area contributed by atoms with Crippen molar-refractivity contribution in [2.75, 3.05) is 19.3 Å². The van der Waals surface area contributed by atoms with Gasteiger partial charge in [-0.05, 0) is 25.7 Å². The first-order valence-corrected chi connectivity index (χ1v) is 8.11. The Morgan fingerprint density at radius 2 is 2.17 bits per heavy atom. The molecule has 7 heteroatoms. The molecule has 1 aliphatic heterocycles. The number of hydrogen-bond acceptors (Lipinski definition) is 4. The Hall–Kier alpha value is -0.660. The summed E-state index contributed by atoms with van der Waals surface area (Å²) in [6.45, 7) is 4.77. The molecule has 0 radical (unpaired) electrons. The van der Waals surface area contributed by atoms with Gasteiger partial charge in [0.25, 0.3) is 0 Å². The highest BCUT2D eigenvalue weighted by atomic mass is 32.2. The quantitative estimate of drug-likeness (QED) is 0.725. The van der Waals surface area contributed by atoms with Crippen molar-refractivity contribution in [3.8, 4) is 0 Å². The van der Waals surface area contributed by atoms with Crippen LogP contribution in [0.1, 0.15) is 26.7 Å². The number of carbonyl (C=O) groups is 1. The molecule has 0 aromatic carbocycles. The molecule has 3 unspecified atom stereocenters. The number of carbonyl (C=O) groups excluding carboxylic acids is 1. The lowest BCUT2D eigenvalue weighted by Gasteiger charge is -2.39. The Morgan fingerprint density at radius 3 is 2.67 bits per heavy atom. The Kier molecular flexibility index (Phi) is 5.12. The maximum absolute atomic E-state index is 12.2. The molecule has 3 atom stereocenters. The van der Waals surface area contributed by atoms with Gasteiger partial charge in [0.1, 0.15) is 0 Å². The summed E-state index contributed by atoms with van der Waals surface area (Å²) in [5.41, 5.74) is 5.69. The van der Waals surface area contributed by atoms with Gasteiger partial charge in [-0.25, -0.2) is 13.1 Å². The van der Waals surface area contributed by atoms with Crippen LogP contribution in [0, 0.1) is 5.92 Å². The zero-order chi connectivity index (χ0) is 13.9. The molecule has 1 fully saturated rings. The van der Waals surface area contributed by atoms with E-state index in [1.807, 2.05) is 0 Å². The van der Waals surface area contributed by atoms with Crippen molar-refractivity contribution in [2.24, 2.45) is 11.7 Å². The minimum Gasteiger partial charge on any atom is -0.337 e. The van der Waals surface area contributed by atoms with Crippen molar-refractivity contribution >= 4 is 15.9 Å². The largest absolute Gasteiger partial charge is 0.337 e. The minimum atomic E-state index is -3.37. The first kappa shape index (κ1) is 15.4. The fraction of sp³-hybridized carbons (Fsp3) is 0.909. The molecule has 1 saturated heterocycles. The summed E-state index contributed by atoms with van der Waals surface area (Å²) < 4.78 is 24.6. The predicted molar refractivity (Wildman–Crippen MR) is 70.4 cm³/mol. The topological polar surface area (TPSA) is 92.5 Å². The van der Waals surface area contributed by atoms with E-state index in [1.165, 1.54) is 0 Å². The van der Waals surface area contributed by atoms with Crippen molar-refractivity contribution < 1.29 is 13.2 Å². The van der Waals surface area contributed by atoms with Gasteiger partial charge in [0.2, 0.25) is 15.9 Å². The number of hydrogen-bond donors (Lipinski definition) is 2. The van der Waals surface area contributed by atoms with Gasteiger partial charge in [0.05, 0.1) is 12.3 Å². The molecule has 1 amide bonds. The van der Waals surface area contributed by atoms with Gasteiger partial charge in [-0.1, -0.05) is 6.92 Å². The van der Waals surface area contributed by atoms with Gasteiger partial charge in [-0.3, -0.25) is 4.79 Å². The predicted octanol–water partition coefficient (Wildman–Crippen LogP) is -0.490. The molecule has 1 rings (SSSR count). The highest BCUT2D eigenvalue weighted by molar-refractivity contribution is 7.88. The van der Waals surface area contributed by atoms with Crippen molar-refractivity contribution in [1.82, 2.24) is 9.62 Å². The van der Waals surface area contributed by atoms with Crippen LogP contribution in [-0.2, 0) is 14.8 Å². The number of amides is 1. The second-order valence-electron chi connectivity index (χ2n) is 5.16. The number of nitrogens with one attached hydrogen (secondary N) is 1. The summed E-state index contributed by atoms with van der Waals surface area (Å²) in [5.74, 6) is 0.364. The molecular formula is C11H23N3O3S. The average Bonchev–Trinajstić information content (AvgIpc) is 2.25. The summed E-state index contributed by atoms with van der Waals surface area (Å²) in [6.07, 6.45) is 2.87. The van der Waals surface area contributed by atoms with Crippen molar-refractivity contribution in [3.63, 3.8) is 0 Å². The Balaban J connectivity index is 2.70. The number of nitrogens with two attached hydrogens (primary N) is 1. The van der Waals surface area contributed by atoms with Crippen LogP contribution in [0.25, 0.3) is 0 Å². The normalized spacial score (nSPS) is 27.0. The van der Waals surface area contributed by atoms with Gasteiger partial charge < -0.3 is 10.6 Å². The Bertz CT molecular complexity index is 396. The molecular weight excluding hydrogens is 254 g/mol. The third-order valence-electron chi connectivity index (χ3n) is 3.29. The van der Waals surface area contributed by atoms with Crippen LogP contribution in [0.4, 0.5) is 0 Å². The monoisotopic (exact) mass is 277 g/mol. The molecule has 0 bridgehead atoms. The first-order valence-electron chi connectivity index (χ1n) is 6.22. The second kappa shape index (κ2) is 5.99. The summed E-state index contributed by atoms with van der Waals surface area (Å²) in [5, 5.41) is 0. The molecule has 3 N–H and O–H groups in total. The lowest BCUT2D eigenvalue weighted by molar-refractivity contribution is -0.136. The lowest BCUT2D eigenvalue weighted by Crippen LogP contribution is -2.55. The van der Waals surface area contributed by atoms with E-state index in [1.54, 1.807) is 11.8 Å². The molecule has 0 saturated carbocycles. The van der Waals surface area contributed by atoms with E-state index in [0.29, 0.717) is 19.0 Å². The second-order valence-corrected chi connectivity index (χ2v) is 6.94. The van der Waals surface area contributed by atoms with Crippen LogP contribution in [0.3, 0.4) is 0 Å². The van der Waals surface area contributed by atoms with Gasteiger partial charge in [0.15, 0.2) is 0 Å². The Morgan fingerprint density at radius 1 is 1.56 bits per heavy atom. The first-order chi connectivity index (χ1) is 8.24. The Labute approximate surface area is 109 Å². The van der Waals surface area contributed by atoms with Crippen LogP contribution in [-0.4, -0.2) is 50.7 Å². The van der Waals surface area contributed by atoms with Crippen molar-refractivity contribution in [2.45, 2.75) is 38.8 Å². The van der Waals surface area contributed by atoms with Gasteiger partial charge in [-0.15, -0.1) is 0 Å². The number of piperidine rings is 1. The molecule has 0 aliphatic carbocycles. The van der Waals surface area contributed by atoms with Gasteiger partial charge in [-0.2, -0.15) is 0 Å². The van der Waals surface area contributed by atoms with Crippen molar-refractivity contribution in [3.05, 3.63) is 0 Å². The maximum atomic E-state index is 12.2. The molecule has 106 valence electrons. The average molecular weight is 277 g/mol. The minimum absolute atomic E-state index is 0.0186. The summed E-state index contributed by atoms with van der Waals surface area (Å²) in [6, 6.07) is -0.715. The standard InChI is InChI=1S/C11H23N3O3S/c1-8-4-5-14(10(6-8)7-12)11(15)9(2)13-18(3,16)17/h8-10,13H,4-7,12H2,1-3H3. The third kappa shape index (κ3) is 4.22. The van der Waals surface area contributed by atoms with Crippen LogP contribution in [0.15, 0.2) is 0 Å². The highest BCUT2D eigenvalue weighted by Gasteiger charge is 2.32. The molecule has 6 nitrogen and oxygen atoms in total. The smallest absolute Gasteiger partial charge is 0.240 e. The number of sulfonamides is 1. The van der Waals surface area contributed by atoms with Crippen LogP contribution in [0.2, 0.25) is 0 Å². The summed E-state index contributed by atoms with van der Waals surface area (Å²) >= 11 is 0. The zero-order valence-corrected chi connectivity index (χ0v) is 12.0. The third-order valence-corrected chi connectivity index (χ3v) is 4.08. The highest BCUT2D eigenvalue weighted by Crippen LogP contribution is 2.22. The summed E-state index contributed by atoms with van der Waals surface area (Å²) in [7, 11) is -3.37. The van der Waals surface area contributed by atoms with Gasteiger partial charge in [0, 0.05) is 19.1 Å². The number of likely N-dealkylation sites (tertiary alicyclic amines) is 1. The maximum Gasteiger partial charge on any atom is 0.240 e. The SMILES string of the molecule is CC1CCN(C(=O)C(C)NS(C)(=O)=O)C(CN)C1. The molecule has 1 heterocycles. The molecule has 0 spiro atoms. The van der Waals surface area contributed by atoms with E-state index >= 15 is 0 Å². The van der Waals surface area contributed by atoms with E-state index in [9.17, 15) is 13.2 Å². The zero-order valence-electron chi connectivity index (χ0n) is 11.2. The molecule has 0 aromatic heterocycles. The van der Waals surface area contributed by atoms with Gasteiger partial charge >= 0.3 is 0 Å². The molecule has 18 heavy (non-hydrogen) atoms. The fourth-order valence-corrected chi connectivity index (χ4v) is 3.13. The number of nitrogens with zero attached hydrogens (tertiary/aromatic N) is 1. The van der Waals surface area contributed by atoms with E-state index < -0.39 is 16.1 Å². The van der Waals surface area contributed by atoms with Crippen LogP contribution < -0.4 is 10.5 Å². The van der Waals surface area contributed by atoms with Crippen LogP contribution in [0.5, 0.6) is 0 Å². The fourth-order valence-electron chi connectivity index (χ4n) is 2.39. The van der Waals surface area contributed by atoms with E-state index in [-0.39, 0.29) is 11.9 Å². The lowest BCUT2D eigenvalue weighted by atomic mass is 9.92. The molecule has 0 aromatic rings. The van der Waals surface area contributed by atoms with Crippen molar-refractivity contribution in [1.29, 1.82) is 0 Å². The van der Waals surface area contributed by atoms with E-state index in [4.69, 9.17) is 5.73 Å². The summed E-state index contributed by atoms with van der Waals surface area (Å²) in [4.78, 5) is 13.9. The van der Waals surface area contributed by atoms with E-state index in [0.717, 1.165) is 19.1 Å². The van der Waals surface area contributed by atoms with Crippen LogP contribution >= 0.6 is 0 Å². The number of rotatable bonds is 4.